The Labute approximate surface area is 133 Å². The molecule has 3 rings (SSSR count). The molecule has 1 N–H and O–H groups in total. The molecule has 0 fully saturated rings. The molecule has 0 bridgehead atoms. The first-order valence-corrected chi connectivity index (χ1v) is 8.70. The quantitative estimate of drug-likeness (QED) is 0.683. The fourth-order valence-electron chi connectivity index (χ4n) is 2.85. The summed E-state index contributed by atoms with van der Waals surface area (Å²) in [5.41, 5.74) is 1.05. The van der Waals surface area contributed by atoms with Gasteiger partial charge < -0.3 is 4.42 Å². The molecule has 1 heterocycles. The average molecular weight is 336 g/mol. The van der Waals surface area contributed by atoms with Crippen molar-refractivity contribution in [3.63, 3.8) is 0 Å². The Hall–Kier alpha value is -2.19. The summed E-state index contributed by atoms with van der Waals surface area (Å²) < 4.78 is 33.3. The van der Waals surface area contributed by atoms with Gasteiger partial charge in [-0.15, -0.1) is 0 Å². The van der Waals surface area contributed by atoms with Gasteiger partial charge in [0.05, 0.1) is 22.1 Å². The van der Waals surface area contributed by atoms with Crippen LogP contribution in [0.1, 0.15) is 35.8 Å². The zero-order chi connectivity index (χ0) is 16.6. The Kier molecular flexibility index (Phi) is 3.95. The Balaban J connectivity index is 1.95. The molecule has 0 aliphatic heterocycles. The maximum absolute atomic E-state index is 12.7. The Morgan fingerprint density at radius 3 is 2.87 bits per heavy atom. The van der Waals surface area contributed by atoms with Gasteiger partial charge in [-0.05, 0) is 31.4 Å². The van der Waals surface area contributed by atoms with E-state index in [-0.39, 0.29) is 16.6 Å². The van der Waals surface area contributed by atoms with Crippen molar-refractivity contribution in [2.75, 3.05) is 0 Å². The highest BCUT2D eigenvalue weighted by atomic mass is 32.2. The highest BCUT2D eigenvalue weighted by Gasteiger charge is 2.29. The first-order chi connectivity index (χ1) is 10.9. The molecule has 23 heavy (non-hydrogen) atoms. The van der Waals surface area contributed by atoms with Crippen LogP contribution in [0.4, 0.5) is 5.69 Å². The maximum Gasteiger partial charge on any atom is 0.270 e. The van der Waals surface area contributed by atoms with Crippen LogP contribution >= 0.6 is 0 Å². The van der Waals surface area contributed by atoms with Crippen molar-refractivity contribution in [2.45, 2.75) is 37.1 Å². The molecule has 0 amide bonds. The summed E-state index contributed by atoms with van der Waals surface area (Å²) in [4.78, 5) is 10.2. The van der Waals surface area contributed by atoms with Gasteiger partial charge in [0.25, 0.3) is 5.69 Å². The minimum Gasteiger partial charge on any atom is -0.469 e. The summed E-state index contributed by atoms with van der Waals surface area (Å²) in [7, 11) is -3.86. The van der Waals surface area contributed by atoms with Gasteiger partial charge in [-0.3, -0.25) is 10.1 Å². The van der Waals surface area contributed by atoms with Crippen molar-refractivity contribution >= 4 is 15.7 Å². The molecule has 1 atom stereocenters. The normalized spacial score (nSPS) is 17.7. The highest BCUT2D eigenvalue weighted by molar-refractivity contribution is 7.89. The number of non-ortho nitro benzene ring substituents is 1. The predicted octanol–water partition coefficient (Wildman–Crippen LogP) is 2.85. The molecule has 0 radical (unpaired) electrons. The van der Waals surface area contributed by atoms with Gasteiger partial charge in [0.15, 0.2) is 0 Å². The number of nitrogens with zero attached hydrogens (tertiary/aromatic N) is 1. The Morgan fingerprint density at radius 2 is 2.13 bits per heavy atom. The average Bonchev–Trinajstić information content (AvgIpc) is 2.96. The van der Waals surface area contributed by atoms with Gasteiger partial charge >= 0.3 is 0 Å². The number of sulfonamides is 1. The number of benzene rings is 1. The molecule has 1 aromatic carbocycles. The Bertz CT molecular complexity index is 857. The summed E-state index contributed by atoms with van der Waals surface area (Å²) in [6.07, 6.45) is 3.83. The number of furan rings is 1. The van der Waals surface area contributed by atoms with Crippen molar-refractivity contribution in [1.82, 2.24) is 4.72 Å². The van der Waals surface area contributed by atoms with E-state index in [0.717, 1.165) is 30.2 Å². The molecule has 8 heteroatoms. The summed E-state index contributed by atoms with van der Waals surface area (Å²) >= 11 is 0. The maximum atomic E-state index is 12.7. The van der Waals surface area contributed by atoms with Crippen LogP contribution in [0, 0.1) is 17.0 Å². The predicted molar refractivity (Wildman–Crippen MR) is 82.5 cm³/mol. The molecule has 0 unspecified atom stereocenters. The number of aryl methyl sites for hydroxylation is 2. The van der Waals surface area contributed by atoms with Crippen LogP contribution in [0.2, 0.25) is 0 Å². The van der Waals surface area contributed by atoms with Crippen molar-refractivity contribution in [2.24, 2.45) is 0 Å². The molecule has 0 saturated carbocycles. The fraction of sp³-hybridized carbons (Fsp3) is 0.333. The largest absolute Gasteiger partial charge is 0.469 e. The van der Waals surface area contributed by atoms with E-state index in [1.54, 1.807) is 19.3 Å². The van der Waals surface area contributed by atoms with E-state index in [9.17, 15) is 18.5 Å². The topological polar surface area (TPSA) is 102 Å². The molecule has 7 nitrogen and oxygen atoms in total. The second-order valence-electron chi connectivity index (χ2n) is 5.57. The summed E-state index contributed by atoms with van der Waals surface area (Å²) in [5.74, 6) is 0.791. The first kappa shape index (κ1) is 15.7. The lowest BCUT2D eigenvalue weighted by Gasteiger charge is -2.23. The van der Waals surface area contributed by atoms with E-state index in [1.807, 2.05) is 0 Å². The third-order valence-electron chi connectivity index (χ3n) is 4.02. The lowest BCUT2D eigenvalue weighted by Crippen LogP contribution is -2.31. The zero-order valence-corrected chi connectivity index (χ0v) is 13.3. The first-order valence-electron chi connectivity index (χ1n) is 7.22. The van der Waals surface area contributed by atoms with E-state index >= 15 is 0 Å². The minimum atomic E-state index is -3.86. The van der Waals surface area contributed by atoms with E-state index < -0.39 is 14.9 Å². The smallest absolute Gasteiger partial charge is 0.270 e. The summed E-state index contributed by atoms with van der Waals surface area (Å²) in [6.45, 7) is 1.61. The molecular formula is C15H16N2O5S. The van der Waals surface area contributed by atoms with Crippen molar-refractivity contribution in [3.05, 3.63) is 57.5 Å². The minimum absolute atomic E-state index is 0.0673. The summed E-state index contributed by atoms with van der Waals surface area (Å²) in [6, 6.07) is 5.22. The van der Waals surface area contributed by atoms with Crippen LogP contribution in [0.5, 0.6) is 0 Å². The van der Waals surface area contributed by atoms with Crippen LogP contribution in [-0.4, -0.2) is 13.3 Å². The zero-order valence-electron chi connectivity index (χ0n) is 12.5. The molecule has 1 aliphatic carbocycles. The van der Waals surface area contributed by atoms with Gasteiger partial charge in [-0.25, -0.2) is 13.1 Å². The highest BCUT2D eigenvalue weighted by Crippen LogP contribution is 2.32. The van der Waals surface area contributed by atoms with Gasteiger partial charge in [0.1, 0.15) is 5.76 Å². The number of fused-ring (bicyclic) bond motifs is 1. The van der Waals surface area contributed by atoms with Crippen LogP contribution in [0.15, 0.2) is 39.8 Å². The molecule has 0 saturated heterocycles. The second kappa shape index (κ2) is 5.78. The number of nitro benzene ring substituents is 1. The lowest BCUT2D eigenvalue weighted by molar-refractivity contribution is -0.385. The second-order valence-corrected chi connectivity index (χ2v) is 7.25. The SMILES string of the molecule is Cc1ccc([N+](=O)[O-])cc1S(=O)(=O)N[C@@H]1CCCc2occc21. The number of nitrogens with one attached hydrogen (secondary N) is 1. The molecule has 1 aliphatic rings. The van der Waals surface area contributed by atoms with Gasteiger partial charge in [0.2, 0.25) is 10.0 Å². The third kappa shape index (κ3) is 2.99. The molecule has 1 aromatic heterocycles. The van der Waals surface area contributed by atoms with Crippen molar-refractivity contribution < 1.29 is 17.8 Å². The Morgan fingerprint density at radius 1 is 1.35 bits per heavy atom. The number of hydrogen-bond donors (Lipinski definition) is 1. The molecule has 2 aromatic rings. The van der Waals surface area contributed by atoms with Crippen LogP contribution in [0.3, 0.4) is 0 Å². The van der Waals surface area contributed by atoms with E-state index in [4.69, 9.17) is 4.42 Å². The lowest BCUT2D eigenvalue weighted by atomic mass is 9.94. The van der Waals surface area contributed by atoms with Crippen molar-refractivity contribution in [3.8, 4) is 0 Å². The van der Waals surface area contributed by atoms with Gasteiger partial charge in [0, 0.05) is 24.1 Å². The van der Waals surface area contributed by atoms with Crippen LogP contribution in [-0.2, 0) is 16.4 Å². The van der Waals surface area contributed by atoms with Gasteiger partial charge in [-0.1, -0.05) is 6.07 Å². The summed E-state index contributed by atoms with van der Waals surface area (Å²) in [5, 5.41) is 10.9. The third-order valence-corrected chi connectivity index (χ3v) is 5.64. The number of nitro groups is 1. The van der Waals surface area contributed by atoms with E-state index in [2.05, 4.69) is 4.72 Å². The molecular weight excluding hydrogens is 320 g/mol. The standard InChI is InChI=1S/C15H16N2O5S/c1-10-5-6-11(17(18)19)9-15(10)23(20,21)16-13-3-2-4-14-12(13)7-8-22-14/h5-9,13,16H,2-4H2,1H3/t13-/m1/s1. The van der Waals surface area contributed by atoms with E-state index in [0.29, 0.717) is 12.0 Å². The molecule has 122 valence electrons. The van der Waals surface area contributed by atoms with E-state index in [1.165, 1.54) is 12.1 Å². The fourth-order valence-corrected chi connectivity index (χ4v) is 4.37. The van der Waals surface area contributed by atoms with Crippen LogP contribution < -0.4 is 4.72 Å². The number of rotatable bonds is 4. The molecule has 0 spiro atoms. The monoisotopic (exact) mass is 336 g/mol. The number of hydrogen-bond acceptors (Lipinski definition) is 5. The van der Waals surface area contributed by atoms with Crippen LogP contribution in [0.25, 0.3) is 0 Å². The van der Waals surface area contributed by atoms with Crippen molar-refractivity contribution in [1.29, 1.82) is 0 Å². The van der Waals surface area contributed by atoms with Gasteiger partial charge in [-0.2, -0.15) is 0 Å².